The number of nitro groups is 1. The van der Waals surface area contributed by atoms with Crippen molar-refractivity contribution in [2.75, 3.05) is 44.2 Å². The molecular formula is C21H25FN4O5S. The third kappa shape index (κ3) is 4.73. The lowest BCUT2D eigenvalue weighted by Gasteiger charge is -2.36. The van der Waals surface area contributed by atoms with Crippen LogP contribution in [0.5, 0.6) is 0 Å². The van der Waals surface area contributed by atoms with Crippen molar-refractivity contribution in [3.05, 3.63) is 64.0 Å². The third-order valence-electron chi connectivity index (χ3n) is 5.47. The maximum absolute atomic E-state index is 13.4. The molecule has 0 aliphatic carbocycles. The van der Waals surface area contributed by atoms with Gasteiger partial charge < -0.3 is 9.80 Å². The van der Waals surface area contributed by atoms with E-state index in [1.54, 1.807) is 23.6 Å². The number of anilines is 1. The molecule has 2 aromatic rings. The third-order valence-corrected chi connectivity index (χ3v) is 7.51. The highest BCUT2D eigenvalue weighted by molar-refractivity contribution is 7.89. The number of piperazine rings is 1. The quantitative estimate of drug-likeness (QED) is 0.461. The Morgan fingerprint density at radius 2 is 1.75 bits per heavy atom. The normalized spacial score (nSPS) is 14.6. The first-order chi connectivity index (χ1) is 15.2. The van der Waals surface area contributed by atoms with Gasteiger partial charge in [0.25, 0.3) is 11.6 Å². The van der Waals surface area contributed by atoms with Crippen molar-refractivity contribution < 1.29 is 22.5 Å². The largest absolute Gasteiger partial charge is 0.362 e. The van der Waals surface area contributed by atoms with Gasteiger partial charge in [0.15, 0.2) is 0 Å². The van der Waals surface area contributed by atoms with Gasteiger partial charge in [-0.3, -0.25) is 14.9 Å². The van der Waals surface area contributed by atoms with Crippen molar-refractivity contribution in [1.82, 2.24) is 9.21 Å². The van der Waals surface area contributed by atoms with E-state index >= 15 is 0 Å². The highest BCUT2D eigenvalue weighted by Crippen LogP contribution is 2.32. The Kier molecular flexibility index (Phi) is 7.09. The van der Waals surface area contributed by atoms with E-state index in [0.29, 0.717) is 31.9 Å². The van der Waals surface area contributed by atoms with E-state index in [0.717, 1.165) is 6.07 Å². The molecule has 0 aromatic heterocycles. The summed E-state index contributed by atoms with van der Waals surface area (Å²) in [4.78, 5) is 26.9. The van der Waals surface area contributed by atoms with Crippen LogP contribution < -0.4 is 4.90 Å². The molecule has 9 nitrogen and oxygen atoms in total. The molecule has 2 aromatic carbocycles. The molecule has 3 rings (SSSR count). The van der Waals surface area contributed by atoms with E-state index in [1.807, 2.05) is 0 Å². The molecule has 0 spiro atoms. The number of amides is 1. The van der Waals surface area contributed by atoms with Gasteiger partial charge in [-0.15, -0.1) is 0 Å². The monoisotopic (exact) mass is 464 g/mol. The molecule has 1 aliphatic rings. The predicted octanol–water partition coefficient (Wildman–Crippen LogP) is 2.73. The lowest BCUT2D eigenvalue weighted by atomic mass is 10.1. The number of benzene rings is 2. The average molecular weight is 465 g/mol. The Bertz CT molecular complexity index is 1110. The number of rotatable bonds is 7. The van der Waals surface area contributed by atoms with Gasteiger partial charge in [0.05, 0.1) is 9.82 Å². The molecule has 0 unspecified atom stereocenters. The van der Waals surface area contributed by atoms with Gasteiger partial charge in [-0.2, -0.15) is 4.31 Å². The Hall–Kier alpha value is -3.05. The second kappa shape index (κ2) is 9.61. The molecule has 0 bridgehead atoms. The molecule has 1 aliphatic heterocycles. The second-order valence-corrected chi connectivity index (χ2v) is 9.22. The topological polar surface area (TPSA) is 104 Å². The van der Waals surface area contributed by atoms with Crippen LogP contribution in [-0.2, 0) is 10.0 Å². The van der Waals surface area contributed by atoms with E-state index in [1.165, 1.54) is 40.7 Å². The molecule has 1 saturated heterocycles. The van der Waals surface area contributed by atoms with Crippen LogP contribution >= 0.6 is 0 Å². The van der Waals surface area contributed by atoms with Gasteiger partial charge in [0.2, 0.25) is 10.0 Å². The van der Waals surface area contributed by atoms with Crippen molar-refractivity contribution in [3.63, 3.8) is 0 Å². The average Bonchev–Trinajstić information content (AvgIpc) is 2.79. The highest BCUT2D eigenvalue weighted by atomic mass is 32.2. The summed E-state index contributed by atoms with van der Waals surface area (Å²) in [5, 5.41) is 11.7. The van der Waals surface area contributed by atoms with Crippen LogP contribution in [0.25, 0.3) is 0 Å². The van der Waals surface area contributed by atoms with E-state index in [4.69, 9.17) is 0 Å². The standard InChI is InChI=1S/C21H25FN4O5S/c1-3-25(4-2)32(30,31)18-8-9-19(20(15-18)26(28)29)23-10-12-24(13-11-23)21(27)16-6-5-7-17(22)14-16/h5-9,14-15H,3-4,10-13H2,1-2H3. The van der Waals surface area contributed by atoms with E-state index in [9.17, 15) is 27.7 Å². The number of carbonyl (C=O) groups is 1. The summed E-state index contributed by atoms with van der Waals surface area (Å²) in [6.45, 7) is 5.17. The summed E-state index contributed by atoms with van der Waals surface area (Å²) >= 11 is 0. The minimum atomic E-state index is -3.83. The highest BCUT2D eigenvalue weighted by Gasteiger charge is 2.30. The number of nitrogens with zero attached hydrogens (tertiary/aromatic N) is 4. The second-order valence-electron chi connectivity index (χ2n) is 7.29. The summed E-state index contributed by atoms with van der Waals surface area (Å²) in [6.07, 6.45) is 0. The smallest absolute Gasteiger partial charge is 0.293 e. The molecule has 1 amide bonds. The summed E-state index contributed by atoms with van der Waals surface area (Å²) in [7, 11) is -3.83. The van der Waals surface area contributed by atoms with Gasteiger partial charge in [0.1, 0.15) is 11.5 Å². The lowest BCUT2D eigenvalue weighted by Crippen LogP contribution is -2.49. The summed E-state index contributed by atoms with van der Waals surface area (Å²) in [5.74, 6) is -0.802. The van der Waals surface area contributed by atoms with E-state index < -0.39 is 20.8 Å². The van der Waals surface area contributed by atoms with Gasteiger partial charge in [-0.05, 0) is 30.3 Å². The Morgan fingerprint density at radius 1 is 1.09 bits per heavy atom. The van der Waals surface area contributed by atoms with E-state index in [2.05, 4.69) is 0 Å². The molecular weight excluding hydrogens is 439 g/mol. The molecule has 0 atom stereocenters. The maximum atomic E-state index is 13.4. The summed E-state index contributed by atoms with van der Waals surface area (Å²) in [5.41, 5.74) is 0.241. The van der Waals surface area contributed by atoms with Crippen LogP contribution in [-0.4, -0.2) is 67.7 Å². The zero-order valence-corrected chi connectivity index (χ0v) is 18.7. The van der Waals surface area contributed by atoms with Crippen molar-refractivity contribution in [2.45, 2.75) is 18.7 Å². The zero-order chi connectivity index (χ0) is 23.5. The molecule has 172 valence electrons. The first-order valence-corrected chi connectivity index (χ1v) is 11.7. The van der Waals surface area contributed by atoms with Crippen LogP contribution in [0.15, 0.2) is 47.4 Å². The van der Waals surface area contributed by atoms with Gasteiger partial charge in [0, 0.05) is 50.9 Å². The molecule has 1 heterocycles. The summed E-state index contributed by atoms with van der Waals surface area (Å²) in [6, 6.07) is 9.35. The Balaban J connectivity index is 1.80. The maximum Gasteiger partial charge on any atom is 0.293 e. The summed E-state index contributed by atoms with van der Waals surface area (Å²) < 4.78 is 40.2. The van der Waals surface area contributed by atoms with Crippen LogP contribution in [0.3, 0.4) is 0 Å². The van der Waals surface area contributed by atoms with Gasteiger partial charge >= 0.3 is 0 Å². The fourth-order valence-corrected chi connectivity index (χ4v) is 5.22. The minimum absolute atomic E-state index is 0.128. The first-order valence-electron chi connectivity index (χ1n) is 10.3. The Labute approximate surface area is 186 Å². The predicted molar refractivity (Wildman–Crippen MR) is 118 cm³/mol. The number of carbonyl (C=O) groups excluding carboxylic acids is 1. The van der Waals surface area contributed by atoms with Crippen LogP contribution in [0.1, 0.15) is 24.2 Å². The minimum Gasteiger partial charge on any atom is -0.362 e. The number of nitro benzene ring substituents is 1. The number of hydrogen-bond donors (Lipinski definition) is 0. The number of sulfonamides is 1. The van der Waals surface area contributed by atoms with Crippen LogP contribution in [0.4, 0.5) is 15.8 Å². The van der Waals surface area contributed by atoms with Crippen LogP contribution in [0, 0.1) is 15.9 Å². The molecule has 0 N–H and O–H groups in total. The number of halogens is 1. The van der Waals surface area contributed by atoms with Crippen molar-refractivity contribution >= 4 is 27.3 Å². The van der Waals surface area contributed by atoms with Crippen molar-refractivity contribution in [3.8, 4) is 0 Å². The fourth-order valence-electron chi connectivity index (χ4n) is 3.74. The van der Waals surface area contributed by atoms with Crippen molar-refractivity contribution in [2.24, 2.45) is 0 Å². The SMILES string of the molecule is CCN(CC)S(=O)(=O)c1ccc(N2CCN(C(=O)c3cccc(F)c3)CC2)c([N+](=O)[O-])c1. The van der Waals surface area contributed by atoms with Crippen LogP contribution in [0.2, 0.25) is 0 Å². The molecule has 0 radical (unpaired) electrons. The van der Waals surface area contributed by atoms with Crippen molar-refractivity contribution in [1.29, 1.82) is 0 Å². The fraction of sp³-hybridized carbons (Fsp3) is 0.381. The molecule has 1 fully saturated rings. The Morgan fingerprint density at radius 3 is 2.31 bits per heavy atom. The van der Waals surface area contributed by atoms with Gasteiger partial charge in [-0.1, -0.05) is 19.9 Å². The van der Waals surface area contributed by atoms with E-state index in [-0.39, 0.29) is 35.1 Å². The molecule has 32 heavy (non-hydrogen) atoms. The molecule has 11 heteroatoms. The molecule has 0 saturated carbocycles. The lowest BCUT2D eigenvalue weighted by molar-refractivity contribution is -0.384. The van der Waals surface area contributed by atoms with Gasteiger partial charge in [-0.25, -0.2) is 12.8 Å². The first kappa shape index (κ1) is 23.6. The zero-order valence-electron chi connectivity index (χ0n) is 17.9. The number of hydrogen-bond acceptors (Lipinski definition) is 6.